The molecule has 4 heteroatoms. The maximum absolute atomic E-state index is 5.42. The van der Waals surface area contributed by atoms with Gasteiger partial charge in [-0.3, -0.25) is 0 Å². The van der Waals surface area contributed by atoms with Crippen molar-refractivity contribution in [3.05, 3.63) is 11.9 Å². The molecule has 0 aliphatic heterocycles. The second kappa shape index (κ2) is 4.78. The molecule has 64 valence electrons. The van der Waals surface area contributed by atoms with E-state index < -0.39 is 0 Å². The van der Waals surface area contributed by atoms with E-state index in [-0.39, 0.29) is 0 Å². The third-order valence-corrected chi connectivity index (χ3v) is 1.47. The normalized spacial score (nSPS) is 9.17. The summed E-state index contributed by atoms with van der Waals surface area (Å²) in [5.41, 5.74) is 0.831. The minimum Gasteiger partial charge on any atom is -0.237 e. The molecule has 0 unspecified atom stereocenters. The number of nitrogens with zero attached hydrogens (tertiary/aromatic N) is 3. The number of halogens is 1. The highest BCUT2D eigenvalue weighted by atomic mass is 35.5. The fraction of sp³-hybridized carbons (Fsp3) is 0.500. The highest BCUT2D eigenvalue weighted by Crippen LogP contribution is 1.94. The number of hydrogen-bond acceptors (Lipinski definition) is 2. The Morgan fingerprint density at radius 2 is 2.50 bits per heavy atom. The molecule has 1 aromatic rings. The molecule has 0 aliphatic carbocycles. The lowest BCUT2D eigenvalue weighted by atomic mass is 10.4. The molecular weight excluding hydrogens is 174 g/mol. The van der Waals surface area contributed by atoms with Gasteiger partial charge >= 0.3 is 0 Å². The van der Waals surface area contributed by atoms with Gasteiger partial charge in [-0.15, -0.1) is 16.7 Å². The highest BCUT2D eigenvalue weighted by Gasteiger charge is 1.97. The summed E-state index contributed by atoms with van der Waals surface area (Å²) in [6.07, 6.45) is 2.67. The van der Waals surface area contributed by atoms with Crippen molar-refractivity contribution in [3.63, 3.8) is 0 Å². The number of rotatable bonds is 2. The summed E-state index contributed by atoms with van der Waals surface area (Å²) < 4.78 is 1.78. The van der Waals surface area contributed by atoms with Gasteiger partial charge in [0.25, 0.3) is 0 Å². The summed E-state index contributed by atoms with van der Waals surface area (Å²) in [7, 11) is 0. The Hall–Kier alpha value is -1.01. The van der Waals surface area contributed by atoms with Crippen molar-refractivity contribution < 1.29 is 0 Å². The van der Waals surface area contributed by atoms with Crippen LogP contribution in [-0.2, 0) is 6.54 Å². The van der Waals surface area contributed by atoms with Gasteiger partial charge in [0.15, 0.2) is 0 Å². The molecule has 0 N–H and O–H groups in total. The minimum absolute atomic E-state index is 0.345. The quantitative estimate of drug-likeness (QED) is 0.511. The van der Waals surface area contributed by atoms with Crippen LogP contribution in [0.3, 0.4) is 0 Å². The lowest BCUT2D eigenvalue weighted by Gasteiger charge is -1.96. The molecule has 0 radical (unpaired) electrons. The summed E-state index contributed by atoms with van der Waals surface area (Å²) >= 11 is 5.42. The third kappa shape index (κ3) is 2.24. The van der Waals surface area contributed by atoms with Gasteiger partial charge < -0.3 is 0 Å². The van der Waals surface area contributed by atoms with Gasteiger partial charge in [0, 0.05) is 6.54 Å². The molecule has 1 aromatic heterocycles. The first-order valence-electron chi connectivity index (χ1n) is 3.81. The number of hydrogen-bond donors (Lipinski definition) is 0. The highest BCUT2D eigenvalue weighted by molar-refractivity contribution is 6.19. The molecule has 12 heavy (non-hydrogen) atoms. The van der Waals surface area contributed by atoms with Crippen molar-refractivity contribution in [2.75, 3.05) is 5.88 Å². The van der Waals surface area contributed by atoms with E-state index in [4.69, 9.17) is 11.6 Å². The lowest BCUT2D eigenvalue weighted by Crippen LogP contribution is -2.01. The van der Waals surface area contributed by atoms with Crippen LogP contribution in [0.2, 0.25) is 0 Å². The first-order valence-corrected chi connectivity index (χ1v) is 4.35. The second-order valence-corrected chi connectivity index (χ2v) is 2.55. The van der Waals surface area contributed by atoms with Crippen molar-refractivity contribution in [2.24, 2.45) is 0 Å². The van der Waals surface area contributed by atoms with Gasteiger partial charge in [-0.05, 0) is 12.3 Å². The van der Waals surface area contributed by atoms with E-state index in [0.29, 0.717) is 5.88 Å². The van der Waals surface area contributed by atoms with Crippen LogP contribution in [0.25, 0.3) is 0 Å². The molecular formula is C8H10ClN3. The van der Waals surface area contributed by atoms with E-state index in [1.807, 2.05) is 0 Å². The maximum Gasteiger partial charge on any atom is 0.131 e. The fourth-order valence-electron chi connectivity index (χ4n) is 0.855. The van der Waals surface area contributed by atoms with Crippen molar-refractivity contribution in [3.8, 4) is 11.8 Å². The summed E-state index contributed by atoms with van der Waals surface area (Å²) in [4.78, 5) is 0. The predicted octanol–water partition coefficient (Wildman–Crippen LogP) is 1.28. The van der Waals surface area contributed by atoms with Gasteiger partial charge in [0.2, 0.25) is 0 Å². The Morgan fingerprint density at radius 1 is 1.67 bits per heavy atom. The average molecular weight is 184 g/mol. The van der Waals surface area contributed by atoms with Crippen LogP contribution < -0.4 is 0 Å². The van der Waals surface area contributed by atoms with E-state index >= 15 is 0 Å². The third-order valence-electron chi connectivity index (χ3n) is 1.34. The molecule has 1 heterocycles. The van der Waals surface area contributed by atoms with Crippen LogP contribution in [0.1, 0.15) is 19.0 Å². The molecule has 0 spiro atoms. The summed E-state index contributed by atoms with van der Waals surface area (Å²) in [6, 6.07) is 0. The van der Waals surface area contributed by atoms with Crippen molar-refractivity contribution in [1.29, 1.82) is 0 Å². The zero-order chi connectivity index (χ0) is 8.81. The maximum atomic E-state index is 5.42. The molecule has 0 atom stereocenters. The van der Waals surface area contributed by atoms with Crippen LogP contribution in [0.15, 0.2) is 6.20 Å². The Morgan fingerprint density at radius 3 is 3.17 bits per heavy atom. The van der Waals surface area contributed by atoms with E-state index in [2.05, 4.69) is 29.1 Å². The van der Waals surface area contributed by atoms with Gasteiger partial charge in [0.05, 0.1) is 12.1 Å². The smallest absolute Gasteiger partial charge is 0.131 e. The first-order chi connectivity index (χ1) is 5.88. The fourth-order valence-corrected chi connectivity index (χ4v) is 0.922. The molecule has 0 aromatic carbocycles. The zero-order valence-electron chi connectivity index (χ0n) is 6.92. The SMILES string of the molecule is CCCn1nncc1C#CCCl. The van der Waals surface area contributed by atoms with Gasteiger partial charge in [-0.25, -0.2) is 4.68 Å². The first kappa shape index (κ1) is 9.08. The van der Waals surface area contributed by atoms with Crippen LogP contribution in [0.5, 0.6) is 0 Å². The largest absolute Gasteiger partial charge is 0.237 e. The van der Waals surface area contributed by atoms with E-state index in [0.717, 1.165) is 18.7 Å². The van der Waals surface area contributed by atoms with Crippen molar-refractivity contribution in [2.45, 2.75) is 19.9 Å². The van der Waals surface area contributed by atoms with Crippen LogP contribution in [-0.4, -0.2) is 20.9 Å². The lowest BCUT2D eigenvalue weighted by molar-refractivity contribution is 0.574. The number of aromatic nitrogens is 3. The molecule has 0 saturated carbocycles. The summed E-state index contributed by atoms with van der Waals surface area (Å²) in [6.45, 7) is 2.94. The topological polar surface area (TPSA) is 30.7 Å². The zero-order valence-corrected chi connectivity index (χ0v) is 7.67. The van der Waals surface area contributed by atoms with Crippen LogP contribution >= 0.6 is 11.6 Å². The Labute approximate surface area is 76.7 Å². The summed E-state index contributed by atoms with van der Waals surface area (Å²) in [5.74, 6) is 5.99. The van der Waals surface area contributed by atoms with Gasteiger partial charge in [0.1, 0.15) is 5.69 Å². The standard InChI is InChI=1S/C8H10ClN3/c1-2-6-12-8(4-3-5-9)7-10-11-12/h7H,2,5-6H2,1H3. The number of alkyl halides is 1. The Kier molecular flexibility index (Phi) is 3.62. The molecule has 0 bridgehead atoms. The molecule has 0 fully saturated rings. The molecule has 1 rings (SSSR count). The Bertz CT molecular complexity index is 295. The Balaban J connectivity index is 2.76. The van der Waals surface area contributed by atoms with Crippen LogP contribution in [0, 0.1) is 11.8 Å². The van der Waals surface area contributed by atoms with E-state index in [1.54, 1.807) is 10.9 Å². The van der Waals surface area contributed by atoms with Crippen LogP contribution in [0.4, 0.5) is 0 Å². The van der Waals surface area contributed by atoms with E-state index in [1.165, 1.54) is 0 Å². The monoisotopic (exact) mass is 183 g/mol. The predicted molar refractivity (Wildman–Crippen MR) is 47.9 cm³/mol. The molecule has 0 amide bonds. The van der Waals surface area contributed by atoms with Gasteiger partial charge in [-0.2, -0.15) is 0 Å². The summed E-state index contributed by atoms with van der Waals surface area (Å²) in [5, 5.41) is 7.64. The molecule has 3 nitrogen and oxygen atoms in total. The molecule has 0 aliphatic rings. The van der Waals surface area contributed by atoms with Crippen molar-refractivity contribution >= 4 is 11.6 Å². The molecule has 0 saturated heterocycles. The number of aryl methyl sites for hydroxylation is 1. The van der Waals surface area contributed by atoms with Crippen molar-refractivity contribution in [1.82, 2.24) is 15.0 Å². The second-order valence-electron chi connectivity index (χ2n) is 2.28. The van der Waals surface area contributed by atoms with E-state index in [9.17, 15) is 0 Å². The minimum atomic E-state index is 0.345. The van der Waals surface area contributed by atoms with Gasteiger partial charge in [-0.1, -0.05) is 18.1 Å². The average Bonchev–Trinajstić information content (AvgIpc) is 2.50.